The van der Waals surface area contributed by atoms with Crippen molar-refractivity contribution in [3.8, 4) is 0 Å². The van der Waals surface area contributed by atoms with Crippen molar-refractivity contribution in [2.24, 2.45) is 16.2 Å². The van der Waals surface area contributed by atoms with Gasteiger partial charge in [0, 0.05) is 5.56 Å². The highest BCUT2D eigenvalue weighted by Crippen LogP contribution is 2.21. The predicted octanol–water partition coefficient (Wildman–Crippen LogP) is 1.72. The molecule has 2 rings (SSSR count). The zero-order valence-electron chi connectivity index (χ0n) is 6.38. The Labute approximate surface area is 70.0 Å². The van der Waals surface area contributed by atoms with Gasteiger partial charge in [-0.05, 0) is 12.1 Å². The molecule has 0 amide bonds. The number of anilines is 1. The maximum atomic E-state index is 5.58. The van der Waals surface area contributed by atoms with Crippen LogP contribution in [0.4, 0.5) is 5.69 Å². The number of nitrogens with zero attached hydrogens (tertiary/aromatic N) is 3. The summed E-state index contributed by atoms with van der Waals surface area (Å²) in [7, 11) is 0. The molecule has 0 saturated heterocycles. The molecule has 0 fully saturated rings. The van der Waals surface area contributed by atoms with Gasteiger partial charge in [-0.1, -0.05) is 23.4 Å². The number of rotatable bonds is 0. The molecular weight excluding hydrogens is 152 g/mol. The van der Waals surface area contributed by atoms with Gasteiger partial charge in [0.2, 0.25) is 0 Å². The summed E-state index contributed by atoms with van der Waals surface area (Å²) in [6.07, 6.45) is 3.48. The summed E-state index contributed by atoms with van der Waals surface area (Å²) < 4.78 is 0. The molecule has 12 heavy (non-hydrogen) atoms. The molecule has 60 valence electrons. The van der Waals surface area contributed by atoms with E-state index in [4.69, 9.17) is 5.84 Å². The lowest BCUT2D eigenvalue weighted by molar-refractivity contribution is 0.858. The first-order valence-electron chi connectivity index (χ1n) is 3.59. The first-order chi connectivity index (χ1) is 5.88. The molecule has 1 aliphatic heterocycles. The molecule has 0 aliphatic carbocycles. The van der Waals surface area contributed by atoms with E-state index in [9.17, 15) is 0 Å². The highest BCUT2D eigenvalue weighted by Gasteiger charge is 2.05. The summed E-state index contributed by atoms with van der Waals surface area (Å²) in [6.45, 7) is 0. The van der Waals surface area contributed by atoms with Gasteiger partial charge in [-0.3, -0.25) is 0 Å². The predicted molar refractivity (Wildman–Crippen MR) is 47.0 cm³/mol. The Balaban J connectivity index is 2.56. The third-order valence-electron chi connectivity index (χ3n) is 1.65. The number of benzene rings is 1. The van der Waals surface area contributed by atoms with Crippen LogP contribution in [0.15, 0.2) is 40.8 Å². The molecule has 0 bridgehead atoms. The van der Waals surface area contributed by atoms with Crippen molar-refractivity contribution in [2.75, 3.05) is 5.12 Å². The second kappa shape index (κ2) is 2.75. The summed E-state index contributed by atoms with van der Waals surface area (Å²) in [4.78, 5) is 0. The zero-order valence-corrected chi connectivity index (χ0v) is 6.38. The van der Waals surface area contributed by atoms with E-state index >= 15 is 0 Å². The number of hydrogen-bond donors (Lipinski definition) is 1. The Bertz CT molecular complexity index is 343. The Morgan fingerprint density at radius 3 is 3.00 bits per heavy atom. The summed E-state index contributed by atoms with van der Waals surface area (Å²) in [5.74, 6) is 5.58. The van der Waals surface area contributed by atoms with Crippen molar-refractivity contribution in [3.05, 3.63) is 36.0 Å². The topological polar surface area (TPSA) is 54.0 Å². The van der Waals surface area contributed by atoms with Crippen LogP contribution >= 0.6 is 0 Å². The van der Waals surface area contributed by atoms with Crippen molar-refractivity contribution in [1.82, 2.24) is 0 Å². The Hall–Kier alpha value is -1.68. The van der Waals surface area contributed by atoms with Crippen molar-refractivity contribution in [2.45, 2.75) is 0 Å². The maximum Gasteiger partial charge on any atom is 0.0866 e. The molecule has 0 aromatic heterocycles. The zero-order chi connectivity index (χ0) is 8.39. The van der Waals surface area contributed by atoms with E-state index < -0.39 is 0 Å². The summed E-state index contributed by atoms with van der Waals surface area (Å²) in [5.41, 5.74) is 1.88. The van der Waals surface area contributed by atoms with Gasteiger partial charge < -0.3 is 0 Å². The standard InChI is InChI=1S/C8H8N4/c9-12-8-4-2-1-3-7(8)5-6-10-11-12/h1-6H,9H2. The quantitative estimate of drug-likeness (QED) is 0.587. The second-order valence-corrected chi connectivity index (χ2v) is 2.42. The smallest absolute Gasteiger partial charge is 0.0866 e. The van der Waals surface area contributed by atoms with E-state index in [2.05, 4.69) is 10.3 Å². The summed E-state index contributed by atoms with van der Waals surface area (Å²) in [6, 6.07) is 7.71. The van der Waals surface area contributed by atoms with Crippen LogP contribution in [0.5, 0.6) is 0 Å². The number of para-hydroxylation sites is 1. The van der Waals surface area contributed by atoms with E-state index in [1.54, 1.807) is 6.20 Å². The Morgan fingerprint density at radius 1 is 1.25 bits per heavy atom. The lowest BCUT2D eigenvalue weighted by atomic mass is 10.2. The van der Waals surface area contributed by atoms with Crippen LogP contribution in [0.1, 0.15) is 5.56 Å². The molecule has 2 N–H and O–H groups in total. The third-order valence-corrected chi connectivity index (χ3v) is 1.65. The van der Waals surface area contributed by atoms with Gasteiger partial charge in [0.15, 0.2) is 0 Å². The lowest BCUT2D eigenvalue weighted by Gasteiger charge is -2.10. The van der Waals surface area contributed by atoms with Crippen molar-refractivity contribution in [1.29, 1.82) is 0 Å². The van der Waals surface area contributed by atoms with E-state index in [1.165, 1.54) is 5.12 Å². The first-order valence-corrected chi connectivity index (χ1v) is 3.59. The van der Waals surface area contributed by atoms with Gasteiger partial charge in [0.25, 0.3) is 0 Å². The number of hydrazine groups is 1. The van der Waals surface area contributed by atoms with Crippen LogP contribution in [0.3, 0.4) is 0 Å². The minimum Gasteiger partial charge on any atom is -0.225 e. The fourth-order valence-corrected chi connectivity index (χ4v) is 1.08. The molecule has 0 radical (unpaired) electrons. The second-order valence-electron chi connectivity index (χ2n) is 2.42. The molecular formula is C8H8N4. The highest BCUT2D eigenvalue weighted by molar-refractivity contribution is 5.67. The lowest BCUT2D eigenvalue weighted by Crippen LogP contribution is -2.23. The van der Waals surface area contributed by atoms with Gasteiger partial charge in [-0.2, -0.15) is 5.12 Å². The third kappa shape index (κ3) is 1.08. The number of hydrogen-bond acceptors (Lipinski definition) is 4. The average molecular weight is 160 g/mol. The monoisotopic (exact) mass is 160 g/mol. The van der Waals surface area contributed by atoms with Crippen LogP contribution < -0.4 is 11.0 Å². The summed E-state index contributed by atoms with van der Waals surface area (Å²) in [5, 5.41) is 8.69. The van der Waals surface area contributed by atoms with Crippen LogP contribution in [-0.2, 0) is 0 Å². The molecule has 1 aromatic rings. The highest BCUT2D eigenvalue weighted by atomic mass is 15.7. The van der Waals surface area contributed by atoms with E-state index in [0.29, 0.717) is 0 Å². The van der Waals surface area contributed by atoms with E-state index in [-0.39, 0.29) is 0 Å². The molecule has 1 heterocycles. The molecule has 0 unspecified atom stereocenters. The molecule has 1 aromatic carbocycles. The fourth-order valence-electron chi connectivity index (χ4n) is 1.08. The van der Waals surface area contributed by atoms with E-state index in [0.717, 1.165) is 11.3 Å². The SMILES string of the molecule is NN1N=NC=Cc2ccccc21. The molecule has 4 nitrogen and oxygen atoms in total. The fraction of sp³-hybridized carbons (Fsp3) is 0. The minimum atomic E-state index is 0.856. The van der Waals surface area contributed by atoms with Gasteiger partial charge in [-0.15, -0.1) is 5.11 Å². The van der Waals surface area contributed by atoms with Gasteiger partial charge in [-0.25, -0.2) is 5.84 Å². The summed E-state index contributed by atoms with van der Waals surface area (Å²) >= 11 is 0. The van der Waals surface area contributed by atoms with Crippen molar-refractivity contribution >= 4 is 11.8 Å². The molecule has 0 saturated carbocycles. The van der Waals surface area contributed by atoms with E-state index in [1.807, 2.05) is 30.3 Å². The molecule has 1 aliphatic rings. The van der Waals surface area contributed by atoms with Gasteiger partial charge >= 0.3 is 0 Å². The van der Waals surface area contributed by atoms with Crippen LogP contribution in [0.25, 0.3) is 6.08 Å². The maximum absolute atomic E-state index is 5.58. The normalized spacial score (nSPS) is 14.2. The molecule has 0 spiro atoms. The Morgan fingerprint density at radius 2 is 2.08 bits per heavy atom. The molecule has 0 atom stereocenters. The van der Waals surface area contributed by atoms with Crippen LogP contribution in [0, 0.1) is 0 Å². The Kier molecular flexibility index (Phi) is 1.60. The number of nitrogens with two attached hydrogens (primary N) is 1. The number of fused-ring (bicyclic) bond motifs is 1. The minimum absolute atomic E-state index is 0.856. The van der Waals surface area contributed by atoms with Gasteiger partial charge in [0.05, 0.1) is 11.9 Å². The largest absolute Gasteiger partial charge is 0.225 e. The van der Waals surface area contributed by atoms with Crippen molar-refractivity contribution in [3.63, 3.8) is 0 Å². The molecule has 4 heteroatoms. The van der Waals surface area contributed by atoms with Crippen molar-refractivity contribution < 1.29 is 0 Å². The van der Waals surface area contributed by atoms with Crippen LogP contribution in [-0.4, -0.2) is 0 Å². The van der Waals surface area contributed by atoms with Gasteiger partial charge in [0.1, 0.15) is 0 Å². The average Bonchev–Trinajstić information content (AvgIpc) is 2.29. The first kappa shape index (κ1) is 7.00. The van der Waals surface area contributed by atoms with Crippen LogP contribution in [0.2, 0.25) is 0 Å².